The van der Waals surface area contributed by atoms with E-state index in [1.165, 1.54) is 11.3 Å². The highest BCUT2D eigenvalue weighted by molar-refractivity contribution is 7.18. The van der Waals surface area contributed by atoms with Gasteiger partial charge in [0.25, 0.3) is 5.91 Å². The fourth-order valence-electron chi connectivity index (χ4n) is 2.66. The Labute approximate surface area is 177 Å². The third-order valence-electron chi connectivity index (χ3n) is 4.09. The molecule has 0 spiro atoms. The molecule has 0 aliphatic heterocycles. The van der Waals surface area contributed by atoms with Gasteiger partial charge in [0.15, 0.2) is 0 Å². The molecule has 2 amide bonds. The summed E-state index contributed by atoms with van der Waals surface area (Å²) in [5.41, 5.74) is 3.63. The van der Waals surface area contributed by atoms with Gasteiger partial charge in [0.2, 0.25) is 11.0 Å². The fourth-order valence-corrected chi connectivity index (χ4v) is 3.56. The molecule has 2 aromatic carbocycles. The Balaban J connectivity index is 1.79. The molecule has 3 rings (SSSR count). The van der Waals surface area contributed by atoms with Crippen molar-refractivity contribution in [1.82, 2.24) is 10.2 Å². The van der Waals surface area contributed by atoms with Crippen molar-refractivity contribution in [1.29, 1.82) is 0 Å². The van der Waals surface area contributed by atoms with Crippen LogP contribution in [0.25, 0.3) is 10.6 Å². The average Bonchev–Trinajstić information content (AvgIpc) is 3.17. The number of amides is 2. The zero-order chi connectivity index (χ0) is 20.8. The SMILES string of the molecule is COCc1ccc(C(=O)Nc2nnc(-c3ccccc3C)s2)cc1NC(=O)CCl. The molecular weight excluding hydrogens is 412 g/mol. The number of ether oxygens (including phenoxy) is 1. The van der Waals surface area contributed by atoms with Gasteiger partial charge in [-0.25, -0.2) is 0 Å². The number of halogens is 1. The predicted molar refractivity (Wildman–Crippen MR) is 115 cm³/mol. The molecule has 3 aromatic rings. The van der Waals surface area contributed by atoms with Gasteiger partial charge in [0.1, 0.15) is 10.9 Å². The molecule has 0 atom stereocenters. The van der Waals surface area contributed by atoms with Gasteiger partial charge in [-0.1, -0.05) is 41.7 Å². The van der Waals surface area contributed by atoms with Crippen LogP contribution in [0.1, 0.15) is 21.5 Å². The van der Waals surface area contributed by atoms with Crippen LogP contribution < -0.4 is 10.6 Å². The zero-order valence-corrected chi connectivity index (χ0v) is 17.4. The topological polar surface area (TPSA) is 93.2 Å². The Morgan fingerprint density at radius 3 is 2.66 bits per heavy atom. The number of anilines is 2. The van der Waals surface area contributed by atoms with Gasteiger partial charge in [-0.15, -0.1) is 21.8 Å². The molecule has 0 fully saturated rings. The molecule has 29 heavy (non-hydrogen) atoms. The molecular formula is C20H19ClN4O3S. The number of alkyl halides is 1. The smallest absolute Gasteiger partial charge is 0.257 e. The molecule has 0 aliphatic carbocycles. The lowest BCUT2D eigenvalue weighted by Crippen LogP contribution is -2.16. The molecule has 0 unspecified atom stereocenters. The first-order chi connectivity index (χ1) is 14.0. The summed E-state index contributed by atoms with van der Waals surface area (Å²) in [7, 11) is 1.55. The largest absolute Gasteiger partial charge is 0.380 e. The van der Waals surface area contributed by atoms with Crippen LogP contribution in [-0.2, 0) is 16.1 Å². The van der Waals surface area contributed by atoms with Crippen molar-refractivity contribution in [2.75, 3.05) is 23.6 Å². The van der Waals surface area contributed by atoms with Crippen LogP contribution >= 0.6 is 22.9 Å². The van der Waals surface area contributed by atoms with Crippen LogP contribution in [-0.4, -0.2) is 35.0 Å². The number of nitrogens with zero attached hydrogens (tertiary/aromatic N) is 2. The van der Waals surface area contributed by atoms with Crippen molar-refractivity contribution in [3.8, 4) is 10.6 Å². The van der Waals surface area contributed by atoms with E-state index in [1.807, 2.05) is 31.2 Å². The van der Waals surface area contributed by atoms with Gasteiger partial charge in [-0.3, -0.25) is 14.9 Å². The maximum atomic E-state index is 12.7. The Hall–Kier alpha value is -2.81. The Kier molecular flexibility index (Phi) is 6.92. The van der Waals surface area contributed by atoms with Crippen LogP contribution in [0.5, 0.6) is 0 Å². The number of hydrogen-bond donors (Lipinski definition) is 2. The number of methoxy groups -OCH3 is 1. The minimum Gasteiger partial charge on any atom is -0.380 e. The predicted octanol–water partition coefficient (Wildman–Crippen LogP) is 4.09. The van der Waals surface area contributed by atoms with E-state index in [9.17, 15) is 9.59 Å². The van der Waals surface area contributed by atoms with E-state index < -0.39 is 0 Å². The summed E-state index contributed by atoms with van der Waals surface area (Å²) in [5.74, 6) is -0.911. The van der Waals surface area contributed by atoms with Crippen LogP contribution in [0.2, 0.25) is 0 Å². The molecule has 2 N–H and O–H groups in total. The zero-order valence-electron chi connectivity index (χ0n) is 15.9. The van der Waals surface area contributed by atoms with Crippen molar-refractivity contribution in [3.63, 3.8) is 0 Å². The summed E-state index contributed by atoms with van der Waals surface area (Å²) in [6.45, 7) is 2.28. The highest BCUT2D eigenvalue weighted by atomic mass is 35.5. The second-order valence-corrected chi connectivity index (χ2v) is 7.41. The monoisotopic (exact) mass is 430 g/mol. The summed E-state index contributed by atoms with van der Waals surface area (Å²) in [6.07, 6.45) is 0. The van der Waals surface area contributed by atoms with E-state index in [0.29, 0.717) is 16.4 Å². The first kappa shape index (κ1) is 20.9. The molecule has 0 radical (unpaired) electrons. The van der Waals surface area contributed by atoms with Crippen LogP contribution in [0.15, 0.2) is 42.5 Å². The van der Waals surface area contributed by atoms with Crippen LogP contribution in [0, 0.1) is 6.92 Å². The minimum absolute atomic E-state index is 0.185. The van der Waals surface area contributed by atoms with Gasteiger partial charge in [-0.2, -0.15) is 0 Å². The molecule has 9 heteroatoms. The third kappa shape index (κ3) is 5.17. The second-order valence-electron chi connectivity index (χ2n) is 6.17. The number of benzene rings is 2. The van der Waals surface area contributed by atoms with Crippen LogP contribution in [0.3, 0.4) is 0 Å². The molecule has 1 aromatic heterocycles. The number of aryl methyl sites for hydroxylation is 1. The third-order valence-corrected chi connectivity index (χ3v) is 5.20. The molecule has 1 heterocycles. The number of rotatable bonds is 7. The van der Waals surface area contributed by atoms with E-state index in [2.05, 4.69) is 20.8 Å². The number of hydrogen-bond acceptors (Lipinski definition) is 6. The molecule has 150 valence electrons. The number of aromatic nitrogens is 2. The summed E-state index contributed by atoms with van der Waals surface area (Å²) >= 11 is 6.86. The molecule has 7 nitrogen and oxygen atoms in total. The van der Waals surface area contributed by atoms with E-state index in [4.69, 9.17) is 16.3 Å². The molecule has 0 saturated carbocycles. The maximum Gasteiger partial charge on any atom is 0.257 e. The molecule has 0 saturated heterocycles. The van der Waals surface area contributed by atoms with Gasteiger partial charge in [0, 0.05) is 29.5 Å². The first-order valence-electron chi connectivity index (χ1n) is 8.70. The molecule has 0 aliphatic rings. The summed E-state index contributed by atoms with van der Waals surface area (Å²) in [5, 5.41) is 14.8. The Morgan fingerprint density at radius 1 is 1.14 bits per heavy atom. The normalized spacial score (nSPS) is 10.6. The fraction of sp³-hybridized carbons (Fsp3) is 0.200. The highest BCUT2D eigenvalue weighted by Crippen LogP contribution is 2.29. The lowest BCUT2D eigenvalue weighted by atomic mass is 10.1. The second kappa shape index (κ2) is 9.60. The van der Waals surface area contributed by atoms with Crippen molar-refractivity contribution in [2.24, 2.45) is 0 Å². The van der Waals surface area contributed by atoms with Crippen molar-refractivity contribution < 1.29 is 14.3 Å². The maximum absolute atomic E-state index is 12.7. The minimum atomic E-state index is -0.367. The van der Waals surface area contributed by atoms with Gasteiger partial charge in [-0.05, 0) is 24.6 Å². The average molecular weight is 431 g/mol. The van der Waals surface area contributed by atoms with Crippen molar-refractivity contribution >= 4 is 45.6 Å². The summed E-state index contributed by atoms with van der Waals surface area (Å²) in [6, 6.07) is 12.8. The quantitative estimate of drug-likeness (QED) is 0.550. The first-order valence-corrected chi connectivity index (χ1v) is 10.1. The number of nitrogens with one attached hydrogen (secondary N) is 2. The van der Waals surface area contributed by atoms with Gasteiger partial charge in [0.05, 0.1) is 6.61 Å². The van der Waals surface area contributed by atoms with E-state index in [-0.39, 0.29) is 24.3 Å². The number of carbonyl (C=O) groups excluding carboxylic acids is 2. The van der Waals surface area contributed by atoms with Crippen LogP contribution in [0.4, 0.5) is 10.8 Å². The van der Waals surface area contributed by atoms with Crippen molar-refractivity contribution in [2.45, 2.75) is 13.5 Å². The highest BCUT2D eigenvalue weighted by Gasteiger charge is 2.15. The Bertz CT molecular complexity index is 1040. The lowest BCUT2D eigenvalue weighted by Gasteiger charge is -2.11. The van der Waals surface area contributed by atoms with E-state index >= 15 is 0 Å². The van der Waals surface area contributed by atoms with E-state index in [0.717, 1.165) is 21.7 Å². The summed E-state index contributed by atoms with van der Waals surface area (Å²) in [4.78, 5) is 24.3. The van der Waals surface area contributed by atoms with Gasteiger partial charge >= 0.3 is 0 Å². The van der Waals surface area contributed by atoms with E-state index in [1.54, 1.807) is 25.3 Å². The number of carbonyl (C=O) groups is 2. The molecule has 0 bridgehead atoms. The standard InChI is InChI=1S/C20H19ClN4O3S/c1-12-5-3-4-6-15(12)19-24-25-20(29-19)23-18(27)13-7-8-14(11-28-2)16(9-13)22-17(26)10-21/h3-9H,10-11H2,1-2H3,(H,22,26)(H,23,25,27). The van der Waals surface area contributed by atoms with Crippen molar-refractivity contribution in [3.05, 3.63) is 59.2 Å². The summed E-state index contributed by atoms with van der Waals surface area (Å²) < 4.78 is 5.13. The Morgan fingerprint density at radius 2 is 1.93 bits per heavy atom. The van der Waals surface area contributed by atoms with Gasteiger partial charge < -0.3 is 10.1 Å². The lowest BCUT2D eigenvalue weighted by molar-refractivity contribution is -0.113.